The minimum absolute atomic E-state index is 0.483. The lowest BCUT2D eigenvalue weighted by atomic mass is 10.1. The molecule has 0 saturated heterocycles. The normalized spacial score (nSPS) is 10.1. The number of nitrogens with zero attached hydrogens (tertiary/aromatic N) is 2. The molecule has 1 heterocycles. The van der Waals surface area contributed by atoms with E-state index in [1.807, 2.05) is 0 Å². The van der Waals surface area contributed by atoms with E-state index in [9.17, 15) is 18.0 Å². The van der Waals surface area contributed by atoms with Gasteiger partial charge >= 0.3 is 0 Å². The topological polar surface area (TPSA) is 53.8 Å². The van der Waals surface area contributed by atoms with E-state index in [0.29, 0.717) is 6.20 Å². The molecular formula is C8H2ClF3N2O. The third-order valence-corrected chi connectivity index (χ3v) is 1.79. The second kappa shape index (κ2) is 4.28. The van der Waals surface area contributed by atoms with Gasteiger partial charge in [-0.1, -0.05) is 0 Å². The Labute approximate surface area is 87.1 Å². The maximum atomic E-state index is 12.9. The molecule has 0 amide bonds. The van der Waals surface area contributed by atoms with Crippen LogP contribution in [0.25, 0.3) is 0 Å². The van der Waals surface area contributed by atoms with Crippen LogP contribution < -0.4 is 0 Å². The van der Waals surface area contributed by atoms with Crippen LogP contribution in [0.15, 0.2) is 6.20 Å². The second-order valence-corrected chi connectivity index (χ2v) is 2.78. The number of alkyl halides is 2. The molecule has 1 aromatic heterocycles. The van der Waals surface area contributed by atoms with Crippen LogP contribution in [-0.4, -0.2) is 10.2 Å². The van der Waals surface area contributed by atoms with E-state index in [-0.39, 0.29) is 0 Å². The number of carbonyl (C=O) groups excluding carboxylic acids is 1. The highest BCUT2D eigenvalue weighted by molar-refractivity contribution is 6.68. The van der Waals surface area contributed by atoms with Crippen LogP contribution in [0.1, 0.15) is 27.9 Å². The van der Waals surface area contributed by atoms with Crippen molar-refractivity contribution in [2.45, 2.75) is 6.43 Å². The molecule has 0 radical (unpaired) electrons. The zero-order valence-corrected chi connectivity index (χ0v) is 7.73. The van der Waals surface area contributed by atoms with E-state index >= 15 is 0 Å². The summed E-state index contributed by atoms with van der Waals surface area (Å²) in [6.07, 6.45) is -2.57. The Bertz CT molecular complexity index is 456. The fourth-order valence-corrected chi connectivity index (χ4v) is 1.19. The number of pyridine rings is 1. The van der Waals surface area contributed by atoms with Gasteiger partial charge in [-0.25, -0.2) is 13.8 Å². The molecule has 0 fully saturated rings. The Kier molecular flexibility index (Phi) is 3.27. The van der Waals surface area contributed by atoms with Gasteiger partial charge < -0.3 is 0 Å². The highest BCUT2D eigenvalue weighted by atomic mass is 35.5. The van der Waals surface area contributed by atoms with Crippen molar-refractivity contribution >= 4 is 16.8 Å². The minimum atomic E-state index is -3.05. The molecule has 0 aliphatic heterocycles. The summed E-state index contributed by atoms with van der Waals surface area (Å²) in [5, 5.41) is 7.15. The van der Waals surface area contributed by atoms with Crippen molar-refractivity contribution in [3.8, 4) is 6.07 Å². The van der Waals surface area contributed by atoms with Crippen LogP contribution in [0.3, 0.4) is 0 Å². The van der Waals surface area contributed by atoms with Gasteiger partial charge in [0.05, 0.1) is 5.56 Å². The maximum absolute atomic E-state index is 12.9. The first-order chi connectivity index (χ1) is 6.99. The average Bonchev–Trinajstić information content (AvgIpc) is 2.16. The number of carbonyl (C=O) groups is 1. The summed E-state index contributed by atoms with van der Waals surface area (Å²) in [4.78, 5) is 13.7. The van der Waals surface area contributed by atoms with Gasteiger partial charge in [0.15, 0.2) is 0 Å². The summed E-state index contributed by atoms with van der Waals surface area (Å²) in [6, 6.07) is 1.26. The summed E-state index contributed by atoms with van der Waals surface area (Å²) in [5.41, 5.74) is -2.55. The van der Waals surface area contributed by atoms with Gasteiger partial charge in [-0.3, -0.25) is 4.79 Å². The SMILES string of the molecule is N#Cc1c(F)ncc(C(F)F)c1C(=O)Cl. The number of aromatic nitrogens is 1. The fraction of sp³-hybridized carbons (Fsp3) is 0.125. The molecule has 0 spiro atoms. The smallest absolute Gasteiger partial charge is 0.266 e. The minimum Gasteiger partial charge on any atom is -0.276 e. The molecule has 78 valence electrons. The quantitative estimate of drug-likeness (QED) is 0.583. The summed E-state index contributed by atoms with van der Waals surface area (Å²) < 4.78 is 37.6. The maximum Gasteiger partial charge on any atom is 0.266 e. The molecule has 1 aromatic rings. The first kappa shape index (κ1) is 11.5. The van der Waals surface area contributed by atoms with Crippen molar-refractivity contribution in [1.29, 1.82) is 5.26 Å². The van der Waals surface area contributed by atoms with Crippen molar-refractivity contribution < 1.29 is 18.0 Å². The number of halogens is 4. The van der Waals surface area contributed by atoms with Crippen LogP contribution in [0, 0.1) is 17.3 Å². The van der Waals surface area contributed by atoms with Crippen molar-refractivity contribution in [3.05, 3.63) is 28.8 Å². The van der Waals surface area contributed by atoms with Crippen LogP contribution in [0.4, 0.5) is 13.2 Å². The van der Waals surface area contributed by atoms with Crippen molar-refractivity contribution in [2.75, 3.05) is 0 Å². The summed E-state index contributed by atoms with van der Waals surface area (Å²) in [7, 11) is 0. The molecule has 0 unspecified atom stereocenters. The Hall–Kier alpha value is -1.61. The Morgan fingerprint density at radius 2 is 2.20 bits per heavy atom. The Morgan fingerprint density at radius 1 is 1.60 bits per heavy atom. The predicted octanol–water partition coefficient (Wildman–Crippen LogP) is 2.41. The Balaban J connectivity index is 3.58. The molecule has 3 nitrogen and oxygen atoms in total. The monoisotopic (exact) mass is 234 g/mol. The zero-order chi connectivity index (χ0) is 11.6. The van der Waals surface area contributed by atoms with Gasteiger partial charge in [-0.2, -0.15) is 9.65 Å². The molecule has 0 atom stereocenters. The van der Waals surface area contributed by atoms with Crippen molar-refractivity contribution in [1.82, 2.24) is 4.98 Å². The van der Waals surface area contributed by atoms with Gasteiger partial charge in [-0.05, 0) is 11.6 Å². The predicted molar refractivity (Wildman–Crippen MR) is 44.1 cm³/mol. The summed E-state index contributed by atoms with van der Waals surface area (Å²) in [6.45, 7) is 0. The molecule has 0 aliphatic carbocycles. The second-order valence-electron chi connectivity index (χ2n) is 2.44. The highest BCUT2D eigenvalue weighted by Crippen LogP contribution is 2.26. The summed E-state index contributed by atoms with van der Waals surface area (Å²) in [5.74, 6) is -1.30. The number of rotatable bonds is 2. The first-order valence-corrected chi connectivity index (χ1v) is 3.93. The summed E-state index contributed by atoms with van der Waals surface area (Å²) >= 11 is 4.99. The highest BCUT2D eigenvalue weighted by Gasteiger charge is 2.24. The van der Waals surface area contributed by atoms with E-state index in [1.54, 1.807) is 0 Å². The van der Waals surface area contributed by atoms with Crippen molar-refractivity contribution in [3.63, 3.8) is 0 Å². The molecule has 0 aliphatic rings. The van der Waals surface area contributed by atoms with E-state index in [1.165, 1.54) is 6.07 Å². The zero-order valence-electron chi connectivity index (χ0n) is 6.97. The third-order valence-electron chi connectivity index (χ3n) is 1.61. The Morgan fingerprint density at radius 3 is 2.60 bits per heavy atom. The first-order valence-electron chi connectivity index (χ1n) is 3.55. The van der Waals surface area contributed by atoms with Crippen LogP contribution in [0.2, 0.25) is 0 Å². The average molecular weight is 235 g/mol. The van der Waals surface area contributed by atoms with E-state index in [4.69, 9.17) is 16.9 Å². The van der Waals surface area contributed by atoms with Crippen molar-refractivity contribution in [2.24, 2.45) is 0 Å². The molecule has 1 rings (SSSR count). The van der Waals surface area contributed by atoms with E-state index in [2.05, 4.69) is 4.98 Å². The lowest BCUT2D eigenvalue weighted by Crippen LogP contribution is -2.06. The van der Waals surface area contributed by atoms with Crippen LogP contribution in [0.5, 0.6) is 0 Å². The fourth-order valence-electron chi connectivity index (χ4n) is 0.982. The molecule has 0 saturated carbocycles. The van der Waals surface area contributed by atoms with E-state index in [0.717, 1.165) is 0 Å². The number of nitriles is 1. The molecule has 15 heavy (non-hydrogen) atoms. The van der Waals surface area contributed by atoms with Gasteiger partial charge in [-0.15, -0.1) is 0 Å². The van der Waals surface area contributed by atoms with E-state index < -0.39 is 34.3 Å². The lowest BCUT2D eigenvalue weighted by molar-refractivity contribution is 0.106. The van der Waals surface area contributed by atoms with Gasteiger partial charge in [0, 0.05) is 11.8 Å². The van der Waals surface area contributed by atoms with Gasteiger partial charge in [0.1, 0.15) is 11.6 Å². The third kappa shape index (κ3) is 2.07. The van der Waals surface area contributed by atoms with Crippen LogP contribution in [-0.2, 0) is 0 Å². The van der Waals surface area contributed by atoms with Gasteiger partial charge in [0.2, 0.25) is 5.95 Å². The molecule has 0 N–H and O–H groups in total. The number of hydrogen-bond donors (Lipinski definition) is 0. The molecule has 7 heteroatoms. The standard InChI is InChI=1S/C8H2ClF3N2O/c9-6(15)5-3(1-13)8(12)14-2-4(5)7(10)11/h2,7H. The molecular weight excluding hydrogens is 233 g/mol. The molecule has 0 bridgehead atoms. The number of hydrogen-bond acceptors (Lipinski definition) is 3. The largest absolute Gasteiger partial charge is 0.276 e. The van der Waals surface area contributed by atoms with Crippen LogP contribution >= 0.6 is 11.6 Å². The lowest BCUT2D eigenvalue weighted by Gasteiger charge is -2.06. The molecule has 0 aromatic carbocycles. The van der Waals surface area contributed by atoms with Gasteiger partial charge in [0.25, 0.3) is 11.7 Å².